The number of carbonyl (C=O) groups is 2. The second-order valence-corrected chi connectivity index (χ2v) is 14.6. The van der Waals surface area contributed by atoms with Gasteiger partial charge in [0.25, 0.3) is 5.91 Å². The number of aliphatic hydroxyl groups is 2. The summed E-state index contributed by atoms with van der Waals surface area (Å²) < 4.78 is 21.4. The number of anilines is 2. The minimum absolute atomic E-state index is 0.0361. The smallest absolute Gasteiger partial charge is 0.346 e. The molecule has 2 aromatic rings. The Morgan fingerprint density at radius 3 is 1.41 bits per heavy atom. The lowest BCUT2D eigenvalue weighted by molar-refractivity contribution is -0.132. The molecule has 0 bridgehead atoms. The Kier molecular flexibility index (Phi) is 38.9. The molecular formula is C46H70Cl2N6O9. The lowest BCUT2D eigenvalue weighted by Gasteiger charge is -2.17. The first-order chi connectivity index (χ1) is 30.6. The molecule has 6 N–H and O–H groups in total. The SMILES string of the molecule is CN(CCO)c1ccc(/C=C(\C#N)C(=O)NCCOCCOCCCCCCCl)cc1.CN(CCO)c1ccc(/C=C(\C#N)C(=O)O)cc1.NCCOCCOCCCCCCCl. The number of benzene rings is 2. The summed E-state index contributed by atoms with van der Waals surface area (Å²) in [6.07, 6.45) is 11.8. The summed E-state index contributed by atoms with van der Waals surface area (Å²) in [6.45, 7) is 6.94. The number of aliphatic hydroxyl groups excluding tert-OH is 2. The quantitative estimate of drug-likeness (QED) is 0.0245. The van der Waals surface area contributed by atoms with Crippen LogP contribution in [0.15, 0.2) is 59.7 Å². The number of halogens is 2. The van der Waals surface area contributed by atoms with Crippen LogP contribution >= 0.6 is 23.2 Å². The highest BCUT2D eigenvalue weighted by molar-refractivity contribution is 6.18. The van der Waals surface area contributed by atoms with Crippen molar-refractivity contribution in [1.29, 1.82) is 10.5 Å². The number of carboxylic acid groups (broad SMARTS) is 1. The second kappa shape index (κ2) is 41.7. The van der Waals surface area contributed by atoms with Gasteiger partial charge < -0.3 is 55.1 Å². The van der Waals surface area contributed by atoms with Gasteiger partial charge in [0, 0.05) is 76.6 Å². The molecule has 0 heterocycles. The first-order valence-corrected chi connectivity index (χ1v) is 22.4. The van der Waals surface area contributed by atoms with E-state index in [0.29, 0.717) is 77.3 Å². The van der Waals surface area contributed by atoms with E-state index in [1.165, 1.54) is 18.9 Å². The van der Waals surface area contributed by atoms with E-state index in [2.05, 4.69) is 5.32 Å². The van der Waals surface area contributed by atoms with Crippen molar-refractivity contribution in [2.24, 2.45) is 5.73 Å². The number of hydrogen-bond acceptors (Lipinski definition) is 13. The van der Waals surface area contributed by atoms with Gasteiger partial charge in [-0.05, 0) is 73.2 Å². The average molecular weight is 922 g/mol. The van der Waals surface area contributed by atoms with E-state index in [-0.39, 0.29) is 24.4 Å². The van der Waals surface area contributed by atoms with E-state index in [9.17, 15) is 14.9 Å². The van der Waals surface area contributed by atoms with Crippen LogP contribution in [0.3, 0.4) is 0 Å². The molecule has 0 atom stereocenters. The van der Waals surface area contributed by atoms with Crippen LogP contribution in [0.25, 0.3) is 12.2 Å². The van der Waals surface area contributed by atoms with Crippen LogP contribution in [0.5, 0.6) is 0 Å². The maximum atomic E-state index is 12.2. The van der Waals surface area contributed by atoms with Gasteiger partial charge in [0.1, 0.15) is 23.3 Å². The van der Waals surface area contributed by atoms with Crippen LogP contribution in [-0.4, -0.2) is 145 Å². The van der Waals surface area contributed by atoms with Gasteiger partial charge in [-0.15, -0.1) is 23.2 Å². The number of nitrogens with zero attached hydrogens (tertiary/aromatic N) is 4. The summed E-state index contributed by atoms with van der Waals surface area (Å²) in [5.41, 5.74) is 8.26. The lowest BCUT2D eigenvalue weighted by atomic mass is 10.1. The van der Waals surface area contributed by atoms with Crippen LogP contribution in [-0.2, 0) is 28.5 Å². The number of aliphatic carboxylic acids is 1. The Morgan fingerprint density at radius 1 is 0.635 bits per heavy atom. The van der Waals surface area contributed by atoms with Gasteiger partial charge in [0.05, 0.1) is 52.9 Å². The number of nitriles is 2. The number of alkyl halides is 2. The Balaban J connectivity index is 0.00000101. The third kappa shape index (κ3) is 32.1. The molecule has 0 saturated heterocycles. The molecule has 0 aliphatic heterocycles. The zero-order chi connectivity index (χ0) is 46.8. The third-order valence-corrected chi connectivity index (χ3v) is 9.29. The zero-order valence-electron chi connectivity index (χ0n) is 37.2. The number of likely N-dealkylation sites (N-methyl/N-ethyl adjacent to an activating group) is 2. The molecule has 15 nitrogen and oxygen atoms in total. The molecule has 0 aliphatic carbocycles. The molecule has 0 unspecified atom stereocenters. The van der Waals surface area contributed by atoms with E-state index in [1.54, 1.807) is 36.4 Å². The third-order valence-electron chi connectivity index (χ3n) is 8.76. The van der Waals surface area contributed by atoms with Crippen molar-refractivity contribution in [3.63, 3.8) is 0 Å². The van der Waals surface area contributed by atoms with Crippen LogP contribution in [0.4, 0.5) is 11.4 Å². The highest BCUT2D eigenvalue weighted by Gasteiger charge is 2.09. The number of carbonyl (C=O) groups excluding carboxylic acids is 1. The van der Waals surface area contributed by atoms with Crippen molar-refractivity contribution in [2.45, 2.75) is 51.4 Å². The molecule has 2 rings (SSSR count). The molecule has 352 valence electrons. The van der Waals surface area contributed by atoms with E-state index in [4.69, 9.17) is 68.5 Å². The summed E-state index contributed by atoms with van der Waals surface area (Å²) in [4.78, 5) is 26.7. The number of ether oxygens (including phenoxy) is 4. The average Bonchev–Trinajstić information content (AvgIpc) is 3.29. The summed E-state index contributed by atoms with van der Waals surface area (Å²) in [5, 5.41) is 47.1. The summed E-state index contributed by atoms with van der Waals surface area (Å²) in [6, 6.07) is 18.0. The van der Waals surface area contributed by atoms with Crippen LogP contribution in [0.1, 0.15) is 62.5 Å². The van der Waals surface area contributed by atoms with Crippen molar-refractivity contribution in [3.8, 4) is 12.1 Å². The molecule has 2 aromatic carbocycles. The monoisotopic (exact) mass is 920 g/mol. The largest absolute Gasteiger partial charge is 0.477 e. The Morgan fingerprint density at radius 2 is 1.03 bits per heavy atom. The standard InChI is InChI=1S/C23H34ClN3O4.C13H14N2O3.C10H22ClNO2/c1-27(12-13-28)22-8-6-20(7-9-22)18-21(19-25)23(29)26-11-15-31-17-16-30-14-5-3-2-4-10-24;1-15(6-7-16)12-4-2-10(3-5-12)8-11(9-14)13(17)18;11-5-3-1-2-4-7-13-9-10-14-8-6-12/h6-9,18,28H,2-5,10-17H2,1H3,(H,26,29);2-5,8,16H,6-7H2,1H3,(H,17,18);1-10,12H2/b21-18+;11-8+;. The maximum absolute atomic E-state index is 12.2. The van der Waals surface area contributed by atoms with Crippen molar-refractivity contribution < 1.29 is 43.9 Å². The van der Waals surface area contributed by atoms with E-state index < -0.39 is 11.9 Å². The predicted octanol–water partition coefficient (Wildman–Crippen LogP) is 5.85. The molecular weight excluding hydrogens is 851 g/mol. The number of nitrogens with two attached hydrogens (primary N) is 1. The van der Waals surface area contributed by atoms with E-state index >= 15 is 0 Å². The number of amides is 1. The summed E-state index contributed by atoms with van der Waals surface area (Å²) in [5.74, 6) is -0.179. The van der Waals surface area contributed by atoms with Crippen molar-refractivity contribution in [2.75, 3.05) is 128 Å². The molecule has 0 fully saturated rings. The summed E-state index contributed by atoms with van der Waals surface area (Å²) >= 11 is 11.2. The van der Waals surface area contributed by atoms with Gasteiger partial charge >= 0.3 is 5.97 Å². The fraction of sp³-hybridized carbons (Fsp3) is 0.565. The van der Waals surface area contributed by atoms with Crippen LogP contribution in [0, 0.1) is 22.7 Å². The normalized spacial score (nSPS) is 11.0. The minimum Gasteiger partial charge on any atom is -0.477 e. The highest BCUT2D eigenvalue weighted by atomic mass is 35.5. The molecule has 63 heavy (non-hydrogen) atoms. The van der Waals surface area contributed by atoms with E-state index in [0.717, 1.165) is 74.6 Å². The zero-order valence-corrected chi connectivity index (χ0v) is 38.7. The van der Waals surface area contributed by atoms with Gasteiger partial charge in [0.2, 0.25) is 0 Å². The van der Waals surface area contributed by atoms with Crippen LogP contribution in [0.2, 0.25) is 0 Å². The van der Waals surface area contributed by atoms with Crippen molar-refractivity contribution >= 4 is 58.6 Å². The lowest BCUT2D eigenvalue weighted by Crippen LogP contribution is -2.28. The summed E-state index contributed by atoms with van der Waals surface area (Å²) in [7, 11) is 3.73. The molecule has 0 spiro atoms. The number of rotatable bonds is 33. The van der Waals surface area contributed by atoms with Gasteiger partial charge in [-0.2, -0.15) is 10.5 Å². The molecule has 1 amide bonds. The molecule has 0 radical (unpaired) electrons. The molecule has 0 saturated carbocycles. The number of carboxylic acids is 1. The number of unbranched alkanes of at least 4 members (excludes halogenated alkanes) is 6. The molecule has 0 aliphatic rings. The minimum atomic E-state index is -1.24. The van der Waals surface area contributed by atoms with Crippen molar-refractivity contribution in [1.82, 2.24) is 5.32 Å². The Hall–Kier alpha value is -4.26. The first-order valence-electron chi connectivity index (χ1n) is 21.3. The fourth-order valence-electron chi connectivity index (χ4n) is 5.20. The van der Waals surface area contributed by atoms with Crippen LogP contribution < -0.4 is 20.9 Å². The Bertz CT molecular complexity index is 1590. The maximum Gasteiger partial charge on any atom is 0.346 e. The predicted molar refractivity (Wildman–Crippen MR) is 252 cm³/mol. The molecule has 0 aromatic heterocycles. The van der Waals surface area contributed by atoms with Gasteiger partial charge in [-0.3, -0.25) is 4.79 Å². The Labute approximate surface area is 384 Å². The number of hydrogen-bond donors (Lipinski definition) is 5. The molecule has 17 heteroatoms. The van der Waals surface area contributed by atoms with E-state index in [1.807, 2.05) is 54.2 Å². The number of nitrogens with one attached hydrogen (secondary N) is 1. The van der Waals surface area contributed by atoms with Gasteiger partial charge in [0.15, 0.2) is 0 Å². The highest BCUT2D eigenvalue weighted by Crippen LogP contribution is 2.17. The van der Waals surface area contributed by atoms with Gasteiger partial charge in [-0.25, -0.2) is 4.79 Å². The first kappa shape index (κ1) is 58.7. The second-order valence-electron chi connectivity index (χ2n) is 13.8. The fourth-order valence-corrected chi connectivity index (χ4v) is 5.57. The topological polar surface area (TPSA) is 224 Å². The van der Waals surface area contributed by atoms with Crippen molar-refractivity contribution in [3.05, 3.63) is 70.8 Å². The van der Waals surface area contributed by atoms with Gasteiger partial charge in [-0.1, -0.05) is 49.9 Å².